The molecule has 0 aliphatic heterocycles. The van der Waals surface area contributed by atoms with Crippen LogP contribution in [0.5, 0.6) is 0 Å². The number of amides is 1. The molecule has 0 spiro atoms. The van der Waals surface area contributed by atoms with Crippen molar-refractivity contribution in [1.82, 2.24) is 14.7 Å². The van der Waals surface area contributed by atoms with Crippen LogP contribution in [0.25, 0.3) is 0 Å². The first-order valence-corrected chi connectivity index (χ1v) is 7.06. The van der Waals surface area contributed by atoms with Crippen LogP contribution >= 0.6 is 0 Å². The highest BCUT2D eigenvalue weighted by Gasteiger charge is 2.13. The number of hydrogen-bond donors (Lipinski definition) is 0. The number of carbonyl (C=O) groups is 1. The molecule has 2 heterocycles. The number of furan rings is 1. The van der Waals surface area contributed by atoms with Crippen LogP contribution in [0.1, 0.15) is 21.7 Å². The van der Waals surface area contributed by atoms with Crippen molar-refractivity contribution in [3.8, 4) is 0 Å². The van der Waals surface area contributed by atoms with Crippen molar-refractivity contribution in [2.45, 2.75) is 13.1 Å². The average molecular weight is 295 g/mol. The first kappa shape index (κ1) is 14.1. The number of carbonyl (C=O) groups excluding carboxylic acids is 1. The third kappa shape index (κ3) is 3.25. The zero-order chi connectivity index (χ0) is 15.4. The van der Waals surface area contributed by atoms with E-state index in [0.717, 1.165) is 11.3 Å². The van der Waals surface area contributed by atoms with Crippen LogP contribution in [-0.4, -0.2) is 27.6 Å². The molecule has 0 saturated heterocycles. The molecule has 1 amide bonds. The van der Waals surface area contributed by atoms with Gasteiger partial charge in [-0.05, 0) is 35.9 Å². The fourth-order valence-electron chi connectivity index (χ4n) is 2.26. The fourth-order valence-corrected chi connectivity index (χ4v) is 2.26. The summed E-state index contributed by atoms with van der Waals surface area (Å²) >= 11 is 0. The van der Waals surface area contributed by atoms with E-state index in [-0.39, 0.29) is 5.91 Å². The van der Waals surface area contributed by atoms with Crippen LogP contribution in [-0.2, 0) is 13.1 Å². The van der Waals surface area contributed by atoms with E-state index in [1.807, 2.05) is 53.3 Å². The molecule has 0 bridgehead atoms. The van der Waals surface area contributed by atoms with E-state index in [1.165, 1.54) is 0 Å². The maximum absolute atomic E-state index is 12.4. The maximum atomic E-state index is 12.4. The second-order valence-electron chi connectivity index (χ2n) is 5.14. The summed E-state index contributed by atoms with van der Waals surface area (Å²) in [6, 6.07) is 13.2. The van der Waals surface area contributed by atoms with Gasteiger partial charge in [0, 0.05) is 25.0 Å². The van der Waals surface area contributed by atoms with Crippen LogP contribution in [0.4, 0.5) is 0 Å². The van der Waals surface area contributed by atoms with E-state index in [9.17, 15) is 4.79 Å². The summed E-state index contributed by atoms with van der Waals surface area (Å²) in [5.74, 6) is 0.744. The van der Waals surface area contributed by atoms with E-state index in [1.54, 1.807) is 24.4 Å². The lowest BCUT2D eigenvalue weighted by Crippen LogP contribution is -2.25. The Kier molecular flexibility index (Phi) is 4.05. The Morgan fingerprint density at radius 3 is 2.68 bits per heavy atom. The second-order valence-corrected chi connectivity index (χ2v) is 5.14. The third-order valence-electron chi connectivity index (χ3n) is 3.42. The minimum Gasteiger partial charge on any atom is -0.467 e. The topological polar surface area (TPSA) is 51.3 Å². The lowest BCUT2D eigenvalue weighted by Gasteiger charge is -2.16. The number of benzene rings is 1. The molecule has 0 radical (unpaired) electrons. The molecule has 0 atom stereocenters. The van der Waals surface area contributed by atoms with Crippen molar-refractivity contribution in [2.24, 2.45) is 0 Å². The lowest BCUT2D eigenvalue weighted by molar-refractivity contribution is 0.0775. The van der Waals surface area contributed by atoms with Gasteiger partial charge in [-0.2, -0.15) is 5.10 Å². The molecule has 0 unspecified atom stereocenters. The van der Waals surface area contributed by atoms with Crippen LogP contribution in [0.3, 0.4) is 0 Å². The van der Waals surface area contributed by atoms with Gasteiger partial charge in [0.25, 0.3) is 5.91 Å². The van der Waals surface area contributed by atoms with Crippen molar-refractivity contribution in [2.75, 3.05) is 7.05 Å². The third-order valence-corrected chi connectivity index (χ3v) is 3.42. The van der Waals surface area contributed by atoms with Crippen LogP contribution in [0.2, 0.25) is 0 Å². The number of nitrogens with zero attached hydrogens (tertiary/aromatic N) is 3. The maximum Gasteiger partial charge on any atom is 0.254 e. The van der Waals surface area contributed by atoms with Crippen LogP contribution in [0.15, 0.2) is 65.5 Å². The quantitative estimate of drug-likeness (QED) is 0.727. The molecule has 1 aromatic carbocycles. The molecule has 3 rings (SSSR count). The molecular weight excluding hydrogens is 278 g/mol. The summed E-state index contributed by atoms with van der Waals surface area (Å²) in [5.41, 5.74) is 1.77. The molecule has 0 fully saturated rings. The van der Waals surface area contributed by atoms with Gasteiger partial charge in [0.2, 0.25) is 0 Å². The van der Waals surface area contributed by atoms with Gasteiger partial charge in [0.1, 0.15) is 5.76 Å². The van der Waals surface area contributed by atoms with Crippen molar-refractivity contribution in [3.05, 3.63) is 78.0 Å². The highest BCUT2D eigenvalue weighted by atomic mass is 16.3. The largest absolute Gasteiger partial charge is 0.467 e. The number of hydrogen-bond acceptors (Lipinski definition) is 3. The van der Waals surface area contributed by atoms with Gasteiger partial charge in [-0.1, -0.05) is 12.1 Å². The first-order valence-electron chi connectivity index (χ1n) is 7.06. The van der Waals surface area contributed by atoms with Gasteiger partial charge in [-0.15, -0.1) is 0 Å². The fraction of sp³-hybridized carbons (Fsp3) is 0.176. The monoisotopic (exact) mass is 295 g/mol. The standard InChI is InChI=1S/C17H17N3O2/c1-19(13-16-4-2-11-22-16)17(21)15-7-5-14(6-8-15)12-20-10-3-9-18-20/h2-11H,12-13H2,1H3. The molecule has 5 heteroatoms. The summed E-state index contributed by atoms with van der Waals surface area (Å²) in [5, 5.41) is 4.17. The summed E-state index contributed by atoms with van der Waals surface area (Å²) in [4.78, 5) is 14.0. The predicted octanol–water partition coefficient (Wildman–Crippen LogP) is 2.80. The predicted molar refractivity (Wildman–Crippen MR) is 82.3 cm³/mol. The second kappa shape index (κ2) is 6.30. The number of rotatable bonds is 5. The lowest BCUT2D eigenvalue weighted by atomic mass is 10.1. The number of aromatic nitrogens is 2. The Labute approximate surface area is 128 Å². The molecule has 112 valence electrons. The van der Waals surface area contributed by atoms with E-state index in [2.05, 4.69) is 5.10 Å². The van der Waals surface area contributed by atoms with E-state index >= 15 is 0 Å². The summed E-state index contributed by atoms with van der Waals surface area (Å²) in [7, 11) is 1.77. The van der Waals surface area contributed by atoms with Gasteiger partial charge in [0.15, 0.2) is 0 Å². The van der Waals surface area contributed by atoms with E-state index in [0.29, 0.717) is 18.7 Å². The van der Waals surface area contributed by atoms with Crippen LogP contribution < -0.4 is 0 Å². The van der Waals surface area contributed by atoms with Gasteiger partial charge in [-0.3, -0.25) is 9.48 Å². The molecule has 0 aliphatic rings. The van der Waals surface area contributed by atoms with Gasteiger partial charge in [-0.25, -0.2) is 0 Å². The minimum absolute atomic E-state index is 0.0259. The molecule has 0 aliphatic carbocycles. The summed E-state index contributed by atoms with van der Waals surface area (Å²) in [6.07, 6.45) is 5.27. The Balaban J connectivity index is 1.65. The van der Waals surface area contributed by atoms with E-state index in [4.69, 9.17) is 4.42 Å². The molecule has 2 aromatic heterocycles. The Hall–Kier alpha value is -2.82. The Morgan fingerprint density at radius 2 is 2.05 bits per heavy atom. The van der Waals surface area contributed by atoms with Crippen molar-refractivity contribution in [3.63, 3.8) is 0 Å². The van der Waals surface area contributed by atoms with Crippen molar-refractivity contribution >= 4 is 5.91 Å². The molecule has 0 saturated carbocycles. The zero-order valence-corrected chi connectivity index (χ0v) is 12.3. The smallest absolute Gasteiger partial charge is 0.254 e. The molecular formula is C17H17N3O2. The van der Waals surface area contributed by atoms with Gasteiger partial charge in [0.05, 0.1) is 19.4 Å². The molecule has 22 heavy (non-hydrogen) atoms. The van der Waals surface area contributed by atoms with Crippen molar-refractivity contribution in [1.29, 1.82) is 0 Å². The highest BCUT2D eigenvalue weighted by molar-refractivity contribution is 5.94. The zero-order valence-electron chi connectivity index (χ0n) is 12.3. The van der Waals surface area contributed by atoms with E-state index < -0.39 is 0 Å². The SMILES string of the molecule is CN(Cc1ccco1)C(=O)c1ccc(Cn2cccn2)cc1. The van der Waals surface area contributed by atoms with Gasteiger partial charge < -0.3 is 9.32 Å². The Morgan fingerprint density at radius 1 is 1.23 bits per heavy atom. The minimum atomic E-state index is -0.0259. The summed E-state index contributed by atoms with van der Waals surface area (Å²) in [6.45, 7) is 1.16. The first-order chi connectivity index (χ1) is 10.7. The van der Waals surface area contributed by atoms with Crippen molar-refractivity contribution < 1.29 is 9.21 Å². The Bertz CT molecular complexity index is 716. The highest BCUT2D eigenvalue weighted by Crippen LogP contribution is 2.11. The molecule has 3 aromatic rings. The van der Waals surface area contributed by atoms with Crippen LogP contribution in [0, 0.1) is 0 Å². The molecule has 5 nitrogen and oxygen atoms in total. The van der Waals surface area contributed by atoms with Gasteiger partial charge >= 0.3 is 0 Å². The molecule has 0 N–H and O–H groups in total. The average Bonchev–Trinajstić information content (AvgIpc) is 3.21. The summed E-state index contributed by atoms with van der Waals surface area (Å²) < 4.78 is 7.11. The normalized spacial score (nSPS) is 10.6.